The maximum absolute atomic E-state index is 11.8. The summed E-state index contributed by atoms with van der Waals surface area (Å²) in [5.74, 6) is 0.0521. The van der Waals surface area contributed by atoms with Crippen molar-refractivity contribution in [1.29, 1.82) is 0 Å². The smallest absolute Gasteiger partial charge is 0.244 e. The second-order valence-electron chi connectivity index (χ2n) is 5.65. The number of hydrogen-bond donors (Lipinski definition) is 3. The largest absolute Gasteiger partial charge is 0.394 e. The minimum Gasteiger partial charge on any atom is -0.394 e. The Morgan fingerprint density at radius 3 is 2.36 bits per heavy atom. The highest BCUT2D eigenvalue weighted by Gasteiger charge is 2.11. The van der Waals surface area contributed by atoms with E-state index in [0.29, 0.717) is 11.6 Å². The van der Waals surface area contributed by atoms with E-state index in [1.807, 2.05) is 26.0 Å². The molecule has 0 aliphatic rings. The van der Waals surface area contributed by atoms with Crippen LogP contribution in [-0.4, -0.2) is 29.6 Å². The molecule has 0 aliphatic heterocycles. The Labute approximate surface area is 131 Å². The van der Waals surface area contributed by atoms with Crippen LogP contribution in [0.2, 0.25) is 0 Å². The number of hydrogen-bond acceptors (Lipinski definition) is 3. The van der Waals surface area contributed by atoms with E-state index in [1.165, 1.54) is 13.0 Å². The molecule has 5 heteroatoms. The van der Waals surface area contributed by atoms with E-state index >= 15 is 0 Å². The first-order chi connectivity index (χ1) is 10.4. The number of nitrogens with one attached hydrogen (secondary N) is 2. The van der Waals surface area contributed by atoms with Gasteiger partial charge in [0.25, 0.3) is 0 Å². The summed E-state index contributed by atoms with van der Waals surface area (Å²) in [5, 5.41) is 14.7. The van der Waals surface area contributed by atoms with Crippen molar-refractivity contribution in [3.05, 3.63) is 35.9 Å². The van der Waals surface area contributed by atoms with Gasteiger partial charge in [0.15, 0.2) is 0 Å². The van der Waals surface area contributed by atoms with Crippen LogP contribution in [0.25, 0.3) is 6.08 Å². The molecule has 1 aromatic rings. The number of carbonyl (C=O) groups excluding carboxylic acids is 2. The number of aliphatic hydroxyl groups is 1. The van der Waals surface area contributed by atoms with E-state index in [4.69, 9.17) is 0 Å². The van der Waals surface area contributed by atoms with Crippen LogP contribution in [-0.2, 0) is 9.59 Å². The summed E-state index contributed by atoms with van der Waals surface area (Å²) in [7, 11) is 0. The van der Waals surface area contributed by atoms with E-state index in [-0.39, 0.29) is 24.5 Å². The van der Waals surface area contributed by atoms with Gasteiger partial charge in [0, 0.05) is 18.7 Å². The zero-order valence-electron chi connectivity index (χ0n) is 13.3. The maximum Gasteiger partial charge on any atom is 0.244 e. The molecule has 0 fully saturated rings. The van der Waals surface area contributed by atoms with Gasteiger partial charge >= 0.3 is 0 Å². The lowest BCUT2D eigenvalue weighted by molar-refractivity contribution is -0.117. The van der Waals surface area contributed by atoms with E-state index in [2.05, 4.69) is 10.6 Å². The molecule has 120 valence electrons. The van der Waals surface area contributed by atoms with Crippen molar-refractivity contribution in [3.63, 3.8) is 0 Å². The molecule has 1 atom stereocenters. The molecule has 0 radical (unpaired) electrons. The van der Waals surface area contributed by atoms with Crippen LogP contribution in [0.3, 0.4) is 0 Å². The predicted molar refractivity (Wildman–Crippen MR) is 88.3 cm³/mol. The van der Waals surface area contributed by atoms with E-state index in [1.54, 1.807) is 18.2 Å². The first kappa shape index (κ1) is 17.9. The van der Waals surface area contributed by atoms with Gasteiger partial charge < -0.3 is 15.7 Å². The third-order valence-corrected chi connectivity index (χ3v) is 2.98. The molecule has 0 bridgehead atoms. The second-order valence-corrected chi connectivity index (χ2v) is 5.65. The van der Waals surface area contributed by atoms with Gasteiger partial charge in [-0.2, -0.15) is 0 Å². The highest BCUT2D eigenvalue weighted by atomic mass is 16.3. The van der Waals surface area contributed by atoms with E-state index < -0.39 is 0 Å². The standard InChI is InChI=1S/C17H24N2O3/c1-12(2)10-16(11-20)19-17(22)9-6-14-4-7-15(8-5-14)18-13(3)21/h4-9,12,16,20H,10-11H2,1-3H3,(H,18,21)(H,19,22)/b9-6+. The average Bonchev–Trinajstić information content (AvgIpc) is 2.44. The zero-order valence-corrected chi connectivity index (χ0v) is 13.3. The molecule has 22 heavy (non-hydrogen) atoms. The lowest BCUT2D eigenvalue weighted by Gasteiger charge is -2.17. The first-order valence-corrected chi connectivity index (χ1v) is 7.37. The van der Waals surface area contributed by atoms with Crippen molar-refractivity contribution < 1.29 is 14.7 Å². The fourth-order valence-electron chi connectivity index (χ4n) is 2.05. The summed E-state index contributed by atoms with van der Waals surface area (Å²) >= 11 is 0. The lowest BCUT2D eigenvalue weighted by Crippen LogP contribution is -2.37. The van der Waals surface area contributed by atoms with E-state index in [0.717, 1.165) is 12.0 Å². The Morgan fingerprint density at radius 2 is 1.86 bits per heavy atom. The van der Waals surface area contributed by atoms with Crippen molar-refractivity contribution in [2.24, 2.45) is 5.92 Å². The Kier molecular flexibility index (Phi) is 7.32. The highest BCUT2D eigenvalue weighted by Crippen LogP contribution is 2.10. The first-order valence-electron chi connectivity index (χ1n) is 7.37. The topological polar surface area (TPSA) is 78.4 Å². The lowest BCUT2D eigenvalue weighted by atomic mass is 10.0. The molecular formula is C17H24N2O3. The third-order valence-electron chi connectivity index (χ3n) is 2.98. The maximum atomic E-state index is 11.8. The van der Waals surface area contributed by atoms with Crippen LogP contribution in [0.4, 0.5) is 5.69 Å². The van der Waals surface area contributed by atoms with Crippen LogP contribution >= 0.6 is 0 Å². The van der Waals surface area contributed by atoms with Gasteiger partial charge in [0.05, 0.1) is 12.6 Å². The third kappa shape index (κ3) is 7.04. The number of rotatable bonds is 7. The zero-order chi connectivity index (χ0) is 16.5. The fourth-order valence-corrected chi connectivity index (χ4v) is 2.05. The Bertz CT molecular complexity index is 521. The molecule has 0 heterocycles. The Hall–Kier alpha value is -2.14. The van der Waals surface area contributed by atoms with Crippen LogP contribution in [0.15, 0.2) is 30.3 Å². The van der Waals surface area contributed by atoms with Gasteiger partial charge in [-0.25, -0.2) is 0 Å². The quantitative estimate of drug-likeness (QED) is 0.676. The molecule has 3 N–H and O–H groups in total. The molecular weight excluding hydrogens is 280 g/mol. The summed E-state index contributed by atoms with van der Waals surface area (Å²) in [5.41, 5.74) is 1.57. The summed E-state index contributed by atoms with van der Waals surface area (Å²) in [6, 6.07) is 6.95. The molecule has 1 rings (SSSR count). The van der Waals surface area contributed by atoms with Crippen LogP contribution in [0, 0.1) is 5.92 Å². The van der Waals surface area contributed by atoms with Gasteiger partial charge in [0.1, 0.15) is 0 Å². The summed E-state index contributed by atoms with van der Waals surface area (Å²) < 4.78 is 0. The van der Waals surface area contributed by atoms with Crippen LogP contribution < -0.4 is 10.6 Å². The molecule has 0 saturated heterocycles. The van der Waals surface area contributed by atoms with Crippen molar-refractivity contribution in [3.8, 4) is 0 Å². The summed E-state index contributed by atoms with van der Waals surface area (Å²) in [6.45, 7) is 5.47. The average molecular weight is 304 g/mol. The molecule has 5 nitrogen and oxygen atoms in total. The van der Waals surface area contributed by atoms with Crippen molar-refractivity contribution in [2.45, 2.75) is 33.2 Å². The number of carbonyl (C=O) groups is 2. The van der Waals surface area contributed by atoms with Crippen molar-refractivity contribution >= 4 is 23.6 Å². The van der Waals surface area contributed by atoms with Gasteiger partial charge in [-0.05, 0) is 36.1 Å². The normalized spacial score (nSPS) is 12.4. The molecule has 0 saturated carbocycles. The number of benzene rings is 1. The van der Waals surface area contributed by atoms with Gasteiger partial charge in [-0.15, -0.1) is 0 Å². The van der Waals surface area contributed by atoms with Crippen molar-refractivity contribution in [2.75, 3.05) is 11.9 Å². The molecule has 0 aromatic heterocycles. The van der Waals surface area contributed by atoms with Crippen LogP contribution in [0.5, 0.6) is 0 Å². The van der Waals surface area contributed by atoms with Gasteiger partial charge in [-0.1, -0.05) is 26.0 Å². The van der Waals surface area contributed by atoms with Gasteiger partial charge in [-0.3, -0.25) is 9.59 Å². The highest BCUT2D eigenvalue weighted by molar-refractivity contribution is 5.92. The number of aliphatic hydroxyl groups excluding tert-OH is 1. The summed E-state index contributed by atoms with van der Waals surface area (Å²) in [4.78, 5) is 22.7. The molecule has 0 aliphatic carbocycles. The molecule has 0 spiro atoms. The minimum atomic E-state index is -0.231. The van der Waals surface area contributed by atoms with E-state index in [9.17, 15) is 14.7 Å². The molecule has 1 unspecified atom stereocenters. The second kappa shape index (κ2) is 9.00. The van der Waals surface area contributed by atoms with Crippen molar-refractivity contribution in [1.82, 2.24) is 5.32 Å². The molecule has 2 amide bonds. The number of anilines is 1. The SMILES string of the molecule is CC(=O)Nc1ccc(/C=C/C(=O)NC(CO)CC(C)C)cc1. The summed E-state index contributed by atoms with van der Waals surface area (Å²) in [6.07, 6.45) is 3.87. The van der Waals surface area contributed by atoms with Crippen LogP contribution in [0.1, 0.15) is 32.8 Å². The predicted octanol–water partition coefficient (Wildman–Crippen LogP) is 2.18. The number of amides is 2. The van der Waals surface area contributed by atoms with Gasteiger partial charge in [0.2, 0.25) is 11.8 Å². The molecule has 1 aromatic carbocycles. The minimum absolute atomic E-state index is 0.0663. The monoisotopic (exact) mass is 304 g/mol. The fraction of sp³-hybridized carbons (Fsp3) is 0.412. The Morgan fingerprint density at radius 1 is 1.23 bits per heavy atom. The Balaban J connectivity index is 2.56.